The van der Waals surface area contributed by atoms with E-state index in [-0.39, 0.29) is 0 Å². The Morgan fingerprint density at radius 3 is 2.80 bits per heavy atom. The molecular weight excluding hydrogens is 122 g/mol. The van der Waals surface area contributed by atoms with E-state index >= 15 is 0 Å². The molecule has 1 aliphatic carbocycles. The third-order valence-electron chi connectivity index (χ3n) is 3.51. The Hall–Kier alpha value is -0.0400. The zero-order valence-corrected chi connectivity index (χ0v) is 6.93. The maximum atomic E-state index is 3.56. The molecule has 0 aromatic heterocycles. The fourth-order valence-electron chi connectivity index (χ4n) is 2.65. The van der Waals surface area contributed by atoms with E-state index in [9.17, 15) is 0 Å². The van der Waals surface area contributed by atoms with Crippen LogP contribution in [0.15, 0.2) is 0 Å². The number of rotatable bonds is 2. The summed E-state index contributed by atoms with van der Waals surface area (Å²) in [6.45, 7) is 6.01. The van der Waals surface area contributed by atoms with Crippen molar-refractivity contribution >= 4 is 0 Å². The Balaban J connectivity index is 1.95. The second kappa shape index (κ2) is 2.23. The average molecular weight is 139 g/mol. The molecule has 0 aromatic rings. The highest BCUT2D eigenvalue weighted by atomic mass is 15.0. The maximum Gasteiger partial charge on any atom is 0.0104 e. The van der Waals surface area contributed by atoms with E-state index in [4.69, 9.17) is 0 Å². The van der Waals surface area contributed by atoms with Crippen LogP contribution in [-0.4, -0.2) is 12.6 Å². The topological polar surface area (TPSA) is 12.0 Å². The summed E-state index contributed by atoms with van der Waals surface area (Å²) in [7, 11) is 0. The molecule has 1 saturated carbocycles. The minimum Gasteiger partial charge on any atom is -0.313 e. The van der Waals surface area contributed by atoms with Crippen molar-refractivity contribution in [2.45, 2.75) is 32.7 Å². The molecular formula is C9H17N. The van der Waals surface area contributed by atoms with Gasteiger partial charge in [-0.2, -0.15) is 0 Å². The van der Waals surface area contributed by atoms with E-state index in [2.05, 4.69) is 19.2 Å². The van der Waals surface area contributed by atoms with Gasteiger partial charge in [-0.15, -0.1) is 0 Å². The number of fused-ring (bicyclic) bond motifs is 1. The molecule has 4 atom stereocenters. The van der Waals surface area contributed by atoms with Crippen LogP contribution in [0.2, 0.25) is 0 Å². The lowest BCUT2D eigenvalue weighted by Gasteiger charge is -2.38. The van der Waals surface area contributed by atoms with E-state index in [1.165, 1.54) is 19.4 Å². The minimum absolute atomic E-state index is 0.903. The Bertz CT molecular complexity index is 119. The fourth-order valence-corrected chi connectivity index (χ4v) is 2.65. The molecule has 0 radical (unpaired) electrons. The highest BCUT2D eigenvalue weighted by Crippen LogP contribution is 2.45. The monoisotopic (exact) mass is 139 g/mol. The Morgan fingerprint density at radius 1 is 1.60 bits per heavy atom. The summed E-state index contributed by atoms with van der Waals surface area (Å²) in [6.07, 6.45) is 2.83. The number of hydrogen-bond donors (Lipinski definition) is 1. The fraction of sp³-hybridized carbons (Fsp3) is 1.00. The molecule has 2 bridgehead atoms. The number of hydrogen-bond acceptors (Lipinski definition) is 1. The zero-order chi connectivity index (χ0) is 7.14. The molecule has 1 heteroatoms. The molecule has 0 amide bonds. The van der Waals surface area contributed by atoms with Gasteiger partial charge in [-0.25, -0.2) is 0 Å². The first-order valence-corrected chi connectivity index (χ1v) is 4.56. The average Bonchev–Trinajstić information content (AvgIpc) is 2.44. The molecule has 3 fully saturated rings. The largest absolute Gasteiger partial charge is 0.313 e. The molecule has 3 rings (SSSR count). The maximum absolute atomic E-state index is 3.56. The van der Waals surface area contributed by atoms with Crippen LogP contribution in [-0.2, 0) is 0 Å². The minimum atomic E-state index is 0.903. The summed E-state index contributed by atoms with van der Waals surface area (Å²) in [5.41, 5.74) is 0. The predicted octanol–water partition coefficient (Wildman–Crippen LogP) is 1.64. The predicted molar refractivity (Wildman–Crippen MR) is 42.8 cm³/mol. The third-order valence-corrected chi connectivity index (χ3v) is 3.51. The SMILES string of the molecule is CCC(C)C1C2CNC1C2. The van der Waals surface area contributed by atoms with Gasteiger partial charge in [0, 0.05) is 6.04 Å². The van der Waals surface area contributed by atoms with Gasteiger partial charge < -0.3 is 5.32 Å². The van der Waals surface area contributed by atoms with Crippen LogP contribution in [0.3, 0.4) is 0 Å². The van der Waals surface area contributed by atoms with Gasteiger partial charge >= 0.3 is 0 Å². The first kappa shape index (κ1) is 6.66. The summed E-state index contributed by atoms with van der Waals surface area (Å²) in [6, 6.07) is 0.903. The summed E-state index contributed by atoms with van der Waals surface area (Å²) >= 11 is 0. The molecule has 4 unspecified atom stereocenters. The summed E-state index contributed by atoms with van der Waals surface area (Å²) in [5, 5.41) is 3.56. The molecule has 2 saturated heterocycles. The standard InChI is InChI=1S/C9H17N/c1-3-6(2)9-7-4-8(9)10-5-7/h6-10H,3-5H2,1-2H3. The van der Waals surface area contributed by atoms with Crippen LogP contribution in [0, 0.1) is 17.8 Å². The first-order valence-electron chi connectivity index (χ1n) is 4.56. The molecule has 1 N–H and O–H groups in total. The van der Waals surface area contributed by atoms with Crippen molar-refractivity contribution in [3.63, 3.8) is 0 Å². The van der Waals surface area contributed by atoms with Crippen LogP contribution in [0.5, 0.6) is 0 Å². The molecule has 0 spiro atoms. The van der Waals surface area contributed by atoms with Crippen molar-refractivity contribution < 1.29 is 0 Å². The summed E-state index contributed by atoms with van der Waals surface area (Å²) in [5.74, 6) is 3.03. The van der Waals surface area contributed by atoms with Gasteiger partial charge in [0.05, 0.1) is 0 Å². The molecule has 10 heavy (non-hydrogen) atoms. The van der Waals surface area contributed by atoms with Crippen molar-refractivity contribution in [3.8, 4) is 0 Å². The van der Waals surface area contributed by atoms with Crippen LogP contribution >= 0.6 is 0 Å². The van der Waals surface area contributed by atoms with Crippen molar-refractivity contribution in [1.82, 2.24) is 5.32 Å². The first-order chi connectivity index (χ1) is 4.83. The number of nitrogens with one attached hydrogen (secondary N) is 1. The normalized spacial score (nSPS) is 46.8. The zero-order valence-electron chi connectivity index (χ0n) is 6.93. The van der Waals surface area contributed by atoms with Gasteiger partial charge in [0.2, 0.25) is 0 Å². The van der Waals surface area contributed by atoms with Crippen molar-refractivity contribution in [2.24, 2.45) is 17.8 Å². The van der Waals surface area contributed by atoms with E-state index in [1.807, 2.05) is 0 Å². The van der Waals surface area contributed by atoms with Crippen LogP contribution in [0.25, 0.3) is 0 Å². The van der Waals surface area contributed by atoms with Gasteiger partial charge in [0.15, 0.2) is 0 Å². The molecule has 1 nitrogen and oxygen atoms in total. The van der Waals surface area contributed by atoms with E-state index in [0.717, 1.165) is 23.8 Å². The molecule has 3 aliphatic rings. The van der Waals surface area contributed by atoms with Crippen LogP contribution in [0.4, 0.5) is 0 Å². The highest BCUT2D eigenvalue weighted by Gasteiger charge is 2.48. The molecule has 0 aromatic carbocycles. The van der Waals surface area contributed by atoms with Crippen molar-refractivity contribution in [1.29, 1.82) is 0 Å². The van der Waals surface area contributed by atoms with Crippen molar-refractivity contribution in [3.05, 3.63) is 0 Å². The third kappa shape index (κ3) is 0.731. The van der Waals surface area contributed by atoms with Gasteiger partial charge in [0.1, 0.15) is 0 Å². The lowest BCUT2D eigenvalue weighted by molar-refractivity contribution is 0.141. The van der Waals surface area contributed by atoms with Crippen LogP contribution < -0.4 is 5.32 Å². The second-order valence-corrected chi connectivity index (χ2v) is 3.97. The lowest BCUT2D eigenvalue weighted by Crippen LogP contribution is -2.40. The van der Waals surface area contributed by atoms with E-state index in [1.54, 1.807) is 0 Å². The van der Waals surface area contributed by atoms with Gasteiger partial charge in [0.25, 0.3) is 0 Å². The Morgan fingerprint density at radius 2 is 2.40 bits per heavy atom. The second-order valence-electron chi connectivity index (χ2n) is 3.97. The van der Waals surface area contributed by atoms with E-state index in [0.29, 0.717) is 0 Å². The lowest BCUT2D eigenvalue weighted by atomic mass is 9.67. The van der Waals surface area contributed by atoms with E-state index < -0.39 is 0 Å². The van der Waals surface area contributed by atoms with Gasteiger partial charge in [-0.3, -0.25) is 0 Å². The van der Waals surface area contributed by atoms with Crippen molar-refractivity contribution in [2.75, 3.05) is 6.54 Å². The van der Waals surface area contributed by atoms with Gasteiger partial charge in [-0.05, 0) is 30.7 Å². The Kier molecular flexibility index (Phi) is 1.48. The summed E-state index contributed by atoms with van der Waals surface area (Å²) < 4.78 is 0. The van der Waals surface area contributed by atoms with Crippen LogP contribution in [0.1, 0.15) is 26.7 Å². The smallest absolute Gasteiger partial charge is 0.0104 e. The molecule has 58 valence electrons. The summed E-state index contributed by atoms with van der Waals surface area (Å²) in [4.78, 5) is 0. The molecule has 2 heterocycles. The van der Waals surface area contributed by atoms with Gasteiger partial charge in [-0.1, -0.05) is 20.3 Å². The Labute approximate surface area is 63.2 Å². The quantitative estimate of drug-likeness (QED) is 0.613. The molecule has 2 aliphatic heterocycles. The highest BCUT2D eigenvalue weighted by molar-refractivity contribution is 5.03.